The largest absolute Gasteiger partial charge is 0.481 e. The van der Waals surface area contributed by atoms with Crippen LogP contribution in [0.15, 0.2) is 54.9 Å². The van der Waals surface area contributed by atoms with E-state index in [-0.39, 0.29) is 0 Å². The van der Waals surface area contributed by atoms with E-state index in [9.17, 15) is 4.79 Å². The molecule has 180 valence electrons. The van der Waals surface area contributed by atoms with Gasteiger partial charge in [0.1, 0.15) is 12.0 Å². The van der Waals surface area contributed by atoms with E-state index in [2.05, 4.69) is 60.2 Å². The Morgan fingerprint density at radius 1 is 1.03 bits per heavy atom. The van der Waals surface area contributed by atoms with Gasteiger partial charge in [0, 0.05) is 17.8 Å². The lowest BCUT2D eigenvalue weighted by Gasteiger charge is -2.19. The van der Waals surface area contributed by atoms with Crippen LogP contribution in [-0.2, 0) is 11.3 Å². The van der Waals surface area contributed by atoms with Crippen LogP contribution in [0.25, 0.3) is 28.3 Å². The van der Waals surface area contributed by atoms with Gasteiger partial charge < -0.3 is 9.53 Å². The highest BCUT2D eigenvalue weighted by atomic mass is 16.5. The molecule has 0 spiro atoms. The number of benzene rings is 1. The molecule has 0 N–H and O–H groups in total. The number of ether oxygens (including phenoxy) is 1. The third-order valence-corrected chi connectivity index (χ3v) is 6.06. The first kappa shape index (κ1) is 24.2. The highest BCUT2D eigenvalue weighted by Gasteiger charge is 2.19. The predicted molar refractivity (Wildman–Crippen MR) is 135 cm³/mol. The summed E-state index contributed by atoms with van der Waals surface area (Å²) in [4.78, 5) is 22.4. The lowest BCUT2D eigenvalue weighted by Crippen LogP contribution is -2.27. The normalized spacial score (nSPS) is 11.1. The number of aldehydes is 1. The van der Waals surface area contributed by atoms with E-state index >= 15 is 0 Å². The van der Waals surface area contributed by atoms with E-state index < -0.39 is 0 Å². The van der Waals surface area contributed by atoms with Crippen molar-refractivity contribution in [2.45, 2.75) is 33.7 Å². The van der Waals surface area contributed by atoms with Gasteiger partial charge in [0.2, 0.25) is 5.88 Å². The summed E-state index contributed by atoms with van der Waals surface area (Å²) in [5, 5.41) is 8.97. The Kier molecular flexibility index (Phi) is 7.62. The van der Waals surface area contributed by atoms with Gasteiger partial charge in [-0.25, -0.2) is 4.98 Å². The van der Waals surface area contributed by atoms with Gasteiger partial charge in [-0.05, 0) is 55.6 Å². The molecule has 0 saturated heterocycles. The fraction of sp³-hybridized carbons (Fsp3) is 0.296. The van der Waals surface area contributed by atoms with Crippen LogP contribution in [0.2, 0.25) is 0 Å². The zero-order chi connectivity index (χ0) is 24.8. The maximum absolute atomic E-state index is 11.2. The van der Waals surface area contributed by atoms with Crippen LogP contribution in [0, 0.1) is 13.8 Å². The summed E-state index contributed by atoms with van der Waals surface area (Å²) in [5.41, 5.74) is 6.19. The molecule has 4 rings (SSSR count). The van der Waals surface area contributed by atoms with Gasteiger partial charge in [-0.15, -0.1) is 10.2 Å². The highest BCUT2D eigenvalue weighted by Crippen LogP contribution is 2.28. The second-order valence-corrected chi connectivity index (χ2v) is 8.42. The van der Waals surface area contributed by atoms with Gasteiger partial charge in [0.25, 0.3) is 0 Å². The number of hydrogen-bond acceptors (Lipinski definition) is 7. The number of aromatic nitrogens is 5. The molecule has 1 aromatic carbocycles. The fourth-order valence-electron chi connectivity index (χ4n) is 4.09. The summed E-state index contributed by atoms with van der Waals surface area (Å²) in [6, 6.07) is 14.0. The molecule has 0 aliphatic carbocycles. The Morgan fingerprint density at radius 2 is 1.89 bits per heavy atom. The fourth-order valence-corrected chi connectivity index (χ4v) is 4.09. The second-order valence-electron chi connectivity index (χ2n) is 8.42. The third kappa shape index (κ3) is 5.27. The van der Waals surface area contributed by atoms with E-state index in [0.29, 0.717) is 36.3 Å². The van der Waals surface area contributed by atoms with Crippen molar-refractivity contribution in [2.75, 3.05) is 20.2 Å². The van der Waals surface area contributed by atoms with E-state index in [1.165, 1.54) is 11.1 Å². The predicted octanol–water partition coefficient (Wildman–Crippen LogP) is 4.43. The van der Waals surface area contributed by atoms with Gasteiger partial charge in [0.05, 0.1) is 32.1 Å². The van der Waals surface area contributed by atoms with E-state index in [4.69, 9.17) is 9.72 Å². The average Bonchev–Trinajstić information content (AvgIpc) is 3.29. The number of nitrogens with zero attached hydrogens (tertiary/aromatic N) is 6. The van der Waals surface area contributed by atoms with Crippen molar-refractivity contribution in [3.8, 4) is 34.2 Å². The Balaban J connectivity index is 1.75. The molecule has 3 aromatic heterocycles. The number of aryl methyl sites for hydroxylation is 1. The highest BCUT2D eigenvalue weighted by molar-refractivity contribution is 5.69. The first-order chi connectivity index (χ1) is 17.0. The second kappa shape index (κ2) is 11.0. The molecule has 0 saturated carbocycles. The molecule has 0 amide bonds. The summed E-state index contributed by atoms with van der Waals surface area (Å²) in [6.07, 6.45) is 5.45. The molecule has 4 aromatic rings. The molecular weight excluding hydrogens is 440 g/mol. The minimum atomic E-state index is 0.333. The van der Waals surface area contributed by atoms with Crippen LogP contribution >= 0.6 is 0 Å². The number of hydrogen-bond donors (Lipinski definition) is 0. The van der Waals surface area contributed by atoms with E-state index in [0.717, 1.165) is 36.1 Å². The third-order valence-electron chi connectivity index (χ3n) is 6.06. The number of rotatable bonds is 10. The number of methoxy groups -OCH3 is 1. The van der Waals surface area contributed by atoms with Crippen molar-refractivity contribution in [3.05, 3.63) is 71.8 Å². The first-order valence-electron chi connectivity index (χ1n) is 11.7. The molecule has 0 bridgehead atoms. The van der Waals surface area contributed by atoms with E-state index in [1.54, 1.807) is 19.4 Å². The van der Waals surface area contributed by atoms with Gasteiger partial charge >= 0.3 is 0 Å². The van der Waals surface area contributed by atoms with Crippen LogP contribution in [-0.4, -0.2) is 56.1 Å². The number of carbonyl (C=O) groups excluding carboxylic acids is 1. The molecule has 0 fully saturated rings. The topological polar surface area (TPSA) is 86.0 Å². The Bertz CT molecular complexity index is 1280. The maximum Gasteiger partial charge on any atom is 0.213 e. The first-order valence-corrected chi connectivity index (χ1v) is 11.7. The van der Waals surface area contributed by atoms with Crippen LogP contribution in [0.4, 0.5) is 0 Å². The smallest absolute Gasteiger partial charge is 0.213 e. The quantitative estimate of drug-likeness (QED) is 0.317. The molecule has 8 nitrogen and oxygen atoms in total. The van der Waals surface area contributed by atoms with Gasteiger partial charge in [-0.2, -0.15) is 0 Å². The van der Waals surface area contributed by atoms with Crippen molar-refractivity contribution in [1.29, 1.82) is 0 Å². The molecule has 0 aliphatic heterocycles. The van der Waals surface area contributed by atoms with Crippen molar-refractivity contribution in [2.24, 2.45) is 0 Å². The molecule has 8 heteroatoms. The lowest BCUT2D eigenvalue weighted by molar-refractivity contribution is -0.109. The minimum Gasteiger partial charge on any atom is -0.481 e. The standard InChI is InChI=1S/C27H30N6O2/c1-5-13-32(14-15-34)18-25-30-31-27(33(25)22-10-12-26(35-4)29-17-22)24-11-9-21(16-28-24)23-8-6-7-19(2)20(23)3/h6-12,15-17H,5,13-14,18H2,1-4H3. The maximum atomic E-state index is 11.2. The SMILES string of the molecule is CCCN(CC=O)Cc1nnc(-c2ccc(-c3cccc(C)c3C)cn2)n1-c1ccc(OC)nc1. The Labute approximate surface area is 205 Å². The molecular formula is C27H30N6O2. The Hall–Kier alpha value is -3.91. The van der Waals surface area contributed by atoms with Crippen LogP contribution in [0.5, 0.6) is 5.88 Å². The molecule has 0 radical (unpaired) electrons. The lowest BCUT2D eigenvalue weighted by atomic mass is 9.98. The van der Waals surface area contributed by atoms with Crippen LogP contribution in [0.3, 0.4) is 0 Å². The monoisotopic (exact) mass is 470 g/mol. The van der Waals surface area contributed by atoms with Crippen molar-refractivity contribution < 1.29 is 9.53 Å². The van der Waals surface area contributed by atoms with Gasteiger partial charge in [-0.1, -0.05) is 31.2 Å². The summed E-state index contributed by atoms with van der Waals surface area (Å²) >= 11 is 0. The zero-order valence-corrected chi connectivity index (χ0v) is 20.6. The summed E-state index contributed by atoms with van der Waals surface area (Å²) < 4.78 is 7.17. The van der Waals surface area contributed by atoms with Crippen LogP contribution < -0.4 is 4.74 Å². The van der Waals surface area contributed by atoms with Crippen LogP contribution in [0.1, 0.15) is 30.3 Å². The summed E-state index contributed by atoms with van der Waals surface area (Å²) in [5.74, 6) is 1.85. The van der Waals surface area contributed by atoms with Gasteiger partial charge in [0.15, 0.2) is 11.6 Å². The minimum absolute atomic E-state index is 0.333. The average molecular weight is 471 g/mol. The van der Waals surface area contributed by atoms with Crippen molar-refractivity contribution >= 4 is 6.29 Å². The zero-order valence-electron chi connectivity index (χ0n) is 20.6. The van der Waals surface area contributed by atoms with Crippen molar-refractivity contribution in [1.82, 2.24) is 29.6 Å². The van der Waals surface area contributed by atoms with Crippen molar-refractivity contribution in [3.63, 3.8) is 0 Å². The molecule has 0 atom stereocenters. The summed E-state index contributed by atoms with van der Waals surface area (Å²) in [7, 11) is 1.58. The Morgan fingerprint density at radius 3 is 2.54 bits per heavy atom. The molecule has 0 aliphatic rings. The number of carbonyl (C=O) groups is 1. The number of pyridine rings is 2. The molecule has 35 heavy (non-hydrogen) atoms. The van der Waals surface area contributed by atoms with Gasteiger partial charge in [-0.3, -0.25) is 14.5 Å². The molecule has 3 heterocycles. The molecule has 0 unspecified atom stereocenters. The van der Waals surface area contributed by atoms with E-state index in [1.807, 2.05) is 27.8 Å². The summed E-state index contributed by atoms with van der Waals surface area (Å²) in [6.45, 7) is 7.92.